The monoisotopic (exact) mass is 358 g/mol. The molecule has 2 aromatic rings. The van der Waals surface area contributed by atoms with E-state index in [9.17, 15) is 4.79 Å². The maximum absolute atomic E-state index is 12.7. The minimum Gasteiger partial charge on any atom is -0.383 e. The van der Waals surface area contributed by atoms with Gasteiger partial charge in [-0.05, 0) is 44.2 Å². The van der Waals surface area contributed by atoms with E-state index in [1.165, 1.54) is 0 Å². The van der Waals surface area contributed by atoms with Gasteiger partial charge in [-0.15, -0.1) is 0 Å². The third kappa shape index (κ3) is 4.42. The summed E-state index contributed by atoms with van der Waals surface area (Å²) in [6, 6.07) is 11.8. The highest BCUT2D eigenvalue weighted by atomic mass is 35.5. The Hall–Kier alpha value is -2.27. The standard InChI is InChI=1S/C19H23ClN4O/c1-14(2)22-16-6-7-21-18(13-16)19(25)24-10-8-23(9-11-24)17-5-3-4-15(20)12-17/h3-7,12-14H,8-11H2,1-2H3,(H,21,22). The first-order valence-electron chi connectivity index (χ1n) is 8.55. The van der Waals surface area contributed by atoms with E-state index in [0.717, 1.165) is 29.5 Å². The minimum absolute atomic E-state index is 0.0156. The van der Waals surface area contributed by atoms with Crippen LogP contribution in [0.4, 0.5) is 11.4 Å². The molecule has 0 unspecified atom stereocenters. The number of pyridine rings is 1. The van der Waals surface area contributed by atoms with Crippen molar-refractivity contribution in [2.75, 3.05) is 36.4 Å². The molecule has 0 bridgehead atoms. The van der Waals surface area contributed by atoms with Gasteiger partial charge < -0.3 is 15.1 Å². The first kappa shape index (κ1) is 17.5. The van der Waals surface area contributed by atoms with E-state index in [2.05, 4.69) is 29.0 Å². The lowest BCUT2D eigenvalue weighted by Crippen LogP contribution is -2.49. The van der Waals surface area contributed by atoms with Crippen molar-refractivity contribution in [3.8, 4) is 0 Å². The SMILES string of the molecule is CC(C)Nc1ccnc(C(=O)N2CCN(c3cccc(Cl)c3)CC2)c1. The van der Waals surface area contributed by atoms with E-state index >= 15 is 0 Å². The molecule has 5 nitrogen and oxygen atoms in total. The Morgan fingerprint density at radius 1 is 1.16 bits per heavy atom. The average Bonchev–Trinajstić information content (AvgIpc) is 2.61. The number of piperazine rings is 1. The van der Waals surface area contributed by atoms with Crippen molar-refractivity contribution in [1.29, 1.82) is 0 Å². The van der Waals surface area contributed by atoms with Gasteiger partial charge in [-0.25, -0.2) is 0 Å². The zero-order valence-corrected chi connectivity index (χ0v) is 15.3. The molecule has 0 atom stereocenters. The van der Waals surface area contributed by atoms with Gasteiger partial charge in [0.15, 0.2) is 0 Å². The number of amides is 1. The third-order valence-electron chi connectivity index (χ3n) is 4.17. The topological polar surface area (TPSA) is 48.5 Å². The highest BCUT2D eigenvalue weighted by molar-refractivity contribution is 6.30. The summed E-state index contributed by atoms with van der Waals surface area (Å²) in [5, 5.41) is 4.04. The Labute approximate surface area is 153 Å². The Morgan fingerprint density at radius 2 is 1.92 bits per heavy atom. The van der Waals surface area contributed by atoms with E-state index in [1.807, 2.05) is 41.3 Å². The highest BCUT2D eigenvalue weighted by Crippen LogP contribution is 2.21. The molecule has 1 fully saturated rings. The molecule has 25 heavy (non-hydrogen) atoms. The second-order valence-electron chi connectivity index (χ2n) is 6.49. The van der Waals surface area contributed by atoms with Crippen molar-refractivity contribution in [3.05, 3.63) is 53.3 Å². The van der Waals surface area contributed by atoms with Gasteiger partial charge in [0, 0.05) is 54.8 Å². The molecular formula is C19H23ClN4O. The molecular weight excluding hydrogens is 336 g/mol. The number of aromatic nitrogens is 1. The molecule has 1 saturated heterocycles. The van der Waals surface area contributed by atoms with Crippen molar-refractivity contribution >= 4 is 28.9 Å². The fraction of sp³-hybridized carbons (Fsp3) is 0.368. The summed E-state index contributed by atoms with van der Waals surface area (Å²) in [7, 11) is 0. The van der Waals surface area contributed by atoms with Crippen LogP contribution in [0, 0.1) is 0 Å². The summed E-state index contributed by atoms with van der Waals surface area (Å²) in [5.74, 6) is -0.0156. The lowest BCUT2D eigenvalue weighted by Gasteiger charge is -2.36. The van der Waals surface area contributed by atoms with Gasteiger partial charge >= 0.3 is 0 Å². The van der Waals surface area contributed by atoms with Crippen LogP contribution in [0.15, 0.2) is 42.6 Å². The highest BCUT2D eigenvalue weighted by Gasteiger charge is 2.23. The van der Waals surface area contributed by atoms with Crippen LogP contribution in [0.1, 0.15) is 24.3 Å². The third-order valence-corrected chi connectivity index (χ3v) is 4.41. The number of nitrogens with one attached hydrogen (secondary N) is 1. The van der Waals surface area contributed by atoms with Crippen molar-refractivity contribution in [3.63, 3.8) is 0 Å². The first-order valence-corrected chi connectivity index (χ1v) is 8.93. The number of hydrogen-bond donors (Lipinski definition) is 1. The smallest absolute Gasteiger partial charge is 0.272 e. The van der Waals surface area contributed by atoms with Crippen LogP contribution in [0.25, 0.3) is 0 Å². The van der Waals surface area contributed by atoms with Crippen LogP contribution in [0.2, 0.25) is 5.02 Å². The van der Waals surface area contributed by atoms with Crippen LogP contribution in [-0.2, 0) is 0 Å². The van der Waals surface area contributed by atoms with Gasteiger partial charge in [-0.2, -0.15) is 0 Å². The predicted molar refractivity (Wildman–Crippen MR) is 103 cm³/mol. The van der Waals surface area contributed by atoms with Gasteiger partial charge in [0.25, 0.3) is 5.91 Å². The number of benzene rings is 1. The van der Waals surface area contributed by atoms with Gasteiger partial charge in [0.05, 0.1) is 0 Å². The zero-order valence-electron chi connectivity index (χ0n) is 14.6. The molecule has 132 valence electrons. The molecule has 0 spiro atoms. The summed E-state index contributed by atoms with van der Waals surface area (Å²) >= 11 is 6.07. The second-order valence-corrected chi connectivity index (χ2v) is 6.92. The lowest BCUT2D eigenvalue weighted by molar-refractivity contribution is 0.0741. The second kappa shape index (κ2) is 7.74. The fourth-order valence-electron chi connectivity index (χ4n) is 2.97. The van der Waals surface area contributed by atoms with Crippen molar-refractivity contribution in [1.82, 2.24) is 9.88 Å². The molecule has 0 aliphatic carbocycles. The Morgan fingerprint density at radius 3 is 2.60 bits per heavy atom. The van der Waals surface area contributed by atoms with Gasteiger partial charge in [0.2, 0.25) is 0 Å². The fourth-order valence-corrected chi connectivity index (χ4v) is 3.16. The average molecular weight is 359 g/mol. The summed E-state index contributed by atoms with van der Waals surface area (Å²) in [6.07, 6.45) is 1.68. The molecule has 1 N–H and O–H groups in total. The normalized spacial score (nSPS) is 14.7. The van der Waals surface area contributed by atoms with Crippen LogP contribution >= 0.6 is 11.6 Å². The molecule has 3 rings (SSSR count). The van der Waals surface area contributed by atoms with Crippen molar-refractivity contribution < 1.29 is 4.79 Å². The predicted octanol–water partition coefficient (Wildman–Crippen LogP) is 3.52. The number of carbonyl (C=O) groups excluding carboxylic acids is 1. The van der Waals surface area contributed by atoms with E-state index < -0.39 is 0 Å². The molecule has 6 heteroatoms. The van der Waals surface area contributed by atoms with E-state index in [-0.39, 0.29) is 5.91 Å². The number of hydrogen-bond acceptors (Lipinski definition) is 4. The summed E-state index contributed by atoms with van der Waals surface area (Å²) < 4.78 is 0. The van der Waals surface area contributed by atoms with Gasteiger partial charge in [0.1, 0.15) is 5.69 Å². The molecule has 0 radical (unpaired) electrons. The van der Waals surface area contributed by atoms with Crippen LogP contribution in [0.3, 0.4) is 0 Å². The maximum Gasteiger partial charge on any atom is 0.272 e. The Kier molecular flexibility index (Phi) is 5.43. The maximum atomic E-state index is 12.7. The lowest BCUT2D eigenvalue weighted by atomic mass is 10.2. The van der Waals surface area contributed by atoms with E-state index in [1.54, 1.807) is 6.20 Å². The largest absolute Gasteiger partial charge is 0.383 e. The van der Waals surface area contributed by atoms with Crippen molar-refractivity contribution in [2.45, 2.75) is 19.9 Å². The molecule has 2 heterocycles. The molecule has 1 aliphatic rings. The van der Waals surface area contributed by atoms with E-state index in [4.69, 9.17) is 11.6 Å². The minimum atomic E-state index is -0.0156. The number of halogens is 1. The number of rotatable bonds is 4. The van der Waals surface area contributed by atoms with Crippen LogP contribution < -0.4 is 10.2 Å². The zero-order chi connectivity index (χ0) is 17.8. The first-order chi connectivity index (χ1) is 12.0. The van der Waals surface area contributed by atoms with Crippen molar-refractivity contribution in [2.24, 2.45) is 0 Å². The molecule has 1 amide bonds. The van der Waals surface area contributed by atoms with Gasteiger partial charge in [-0.1, -0.05) is 17.7 Å². The number of nitrogens with zero attached hydrogens (tertiary/aromatic N) is 3. The number of carbonyl (C=O) groups is 1. The number of anilines is 2. The quantitative estimate of drug-likeness (QED) is 0.908. The summed E-state index contributed by atoms with van der Waals surface area (Å²) in [5.41, 5.74) is 2.51. The Bertz CT molecular complexity index is 742. The van der Waals surface area contributed by atoms with E-state index in [0.29, 0.717) is 24.8 Å². The molecule has 1 aliphatic heterocycles. The van der Waals surface area contributed by atoms with Gasteiger partial charge in [-0.3, -0.25) is 9.78 Å². The summed E-state index contributed by atoms with van der Waals surface area (Å²) in [4.78, 5) is 21.1. The van der Waals surface area contributed by atoms with Crippen LogP contribution in [0.5, 0.6) is 0 Å². The summed E-state index contributed by atoms with van der Waals surface area (Å²) in [6.45, 7) is 7.06. The molecule has 0 saturated carbocycles. The van der Waals surface area contributed by atoms with Crippen LogP contribution in [-0.4, -0.2) is 48.0 Å². The molecule has 1 aromatic heterocycles. The molecule has 1 aromatic carbocycles. The Balaban J connectivity index is 1.63.